The van der Waals surface area contributed by atoms with E-state index in [1.807, 2.05) is 0 Å². The second-order valence-electron chi connectivity index (χ2n) is 0.846. The molecule has 0 heterocycles. The van der Waals surface area contributed by atoms with E-state index < -0.39 is 9.76 Å². The summed E-state index contributed by atoms with van der Waals surface area (Å²) < 4.78 is 4.61. The van der Waals surface area contributed by atoms with Crippen LogP contribution in [0.3, 0.4) is 0 Å². The maximum absolute atomic E-state index is 5.30. The standard InChI is InChI=1S/CH6Cl2OSi2/c2-1(3)6-4-5/h1H,6H2,5H3. The van der Waals surface area contributed by atoms with Crippen molar-refractivity contribution in [2.75, 3.05) is 0 Å². The van der Waals surface area contributed by atoms with Crippen LogP contribution < -0.4 is 0 Å². The lowest BCUT2D eigenvalue weighted by Gasteiger charge is -1.92. The van der Waals surface area contributed by atoms with Gasteiger partial charge in [-0.2, -0.15) is 0 Å². The van der Waals surface area contributed by atoms with E-state index >= 15 is 0 Å². The zero-order chi connectivity index (χ0) is 4.99. The Kier molecular flexibility index (Phi) is 4.81. The third-order valence-corrected chi connectivity index (χ3v) is 2.63. The fraction of sp³-hybridized carbons (Fsp3) is 1.00. The molecule has 0 unspecified atom stereocenters. The lowest BCUT2D eigenvalue weighted by atomic mass is 11.9. The molecular weight excluding hydrogens is 155 g/mol. The second-order valence-corrected chi connectivity index (χ2v) is 6.62. The summed E-state index contributed by atoms with van der Waals surface area (Å²) in [6.07, 6.45) is 0. The van der Waals surface area contributed by atoms with Gasteiger partial charge in [-0.1, -0.05) is 0 Å². The highest BCUT2D eigenvalue weighted by molar-refractivity contribution is 6.66. The van der Waals surface area contributed by atoms with E-state index in [1.165, 1.54) is 0 Å². The van der Waals surface area contributed by atoms with Crippen LogP contribution in [0.4, 0.5) is 0 Å². The fourth-order valence-electron chi connectivity index (χ4n) is 0.126. The summed E-state index contributed by atoms with van der Waals surface area (Å²) in [7, 11) is 0.229. The molecule has 0 amide bonds. The Morgan fingerprint density at radius 3 is 2.17 bits per heavy atom. The molecule has 0 atom stereocenters. The third kappa shape index (κ3) is 4.97. The molecule has 0 saturated carbocycles. The van der Waals surface area contributed by atoms with Gasteiger partial charge in [0.2, 0.25) is 0 Å². The predicted molar refractivity (Wildman–Crippen MR) is 35.1 cm³/mol. The molecule has 0 fully saturated rings. The van der Waals surface area contributed by atoms with Crippen molar-refractivity contribution in [3.63, 3.8) is 0 Å². The van der Waals surface area contributed by atoms with Crippen molar-refractivity contribution >= 4 is 43.5 Å². The van der Waals surface area contributed by atoms with E-state index in [4.69, 9.17) is 27.3 Å². The molecule has 0 N–H and O–H groups in total. The number of rotatable bonds is 2. The number of hydrogen-bond donors (Lipinski definition) is 0. The monoisotopic (exact) mass is 160 g/mol. The van der Waals surface area contributed by atoms with Crippen LogP contribution in [0.5, 0.6) is 0 Å². The molecule has 1 nitrogen and oxygen atoms in total. The minimum atomic E-state index is -0.551. The number of alkyl halides is 2. The Bertz CT molecular complexity index is 32.7. The van der Waals surface area contributed by atoms with Crippen molar-refractivity contribution in [2.24, 2.45) is 0 Å². The number of halogens is 2. The van der Waals surface area contributed by atoms with E-state index in [0.717, 1.165) is 10.5 Å². The molecule has 0 aliphatic heterocycles. The molecule has 0 aromatic rings. The fourth-order valence-corrected chi connectivity index (χ4v) is 3.40. The van der Waals surface area contributed by atoms with Gasteiger partial charge in [0.1, 0.15) is 14.9 Å². The largest absolute Gasteiger partial charge is 0.466 e. The van der Waals surface area contributed by atoms with Crippen LogP contribution in [-0.2, 0) is 4.12 Å². The highest BCUT2D eigenvalue weighted by Gasteiger charge is 1.93. The van der Waals surface area contributed by atoms with E-state index in [9.17, 15) is 0 Å². The van der Waals surface area contributed by atoms with Crippen LogP contribution in [-0.4, -0.2) is 24.7 Å². The molecule has 0 aromatic carbocycles. The molecule has 6 heavy (non-hydrogen) atoms. The van der Waals surface area contributed by atoms with Gasteiger partial charge in [0.15, 0.2) is 9.76 Å². The molecule has 38 valence electrons. The van der Waals surface area contributed by atoms with E-state index in [0.29, 0.717) is 0 Å². The Balaban J connectivity index is 2.63. The van der Waals surface area contributed by atoms with Gasteiger partial charge in [-0.05, 0) is 0 Å². The van der Waals surface area contributed by atoms with Crippen molar-refractivity contribution in [2.45, 2.75) is 4.46 Å². The average Bonchev–Trinajstić information content (AvgIpc) is 1.35. The molecule has 0 radical (unpaired) electrons. The van der Waals surface area contributed by atoms with Crippen LogP contribution in [0.15, 0.2) is 0 Å². The highest BCUT2D eigenvalue weighted by atomic mass is 35.5. The van der Waals surface area contributed by atoms with Crippen molar-refractivity contribution < 1.29 is 4.12 Å². The lowest BCUT2D eigenvalue weighted by Crippen LogP contribution is -2.03. The van der Waals surface area contributed by atoms with Crippen LogP contribution in [0, 0.1) is 0 Å². The van der Waals surface area contributed by atoms with Gasteiger partial charge >= 0.3 is 0 Å². The zero-order valence-corrected chi connectivity index (χ0v) is 8.37. The van der Waals surface area contributed by atoms with Gasteiger partial charge in [-0.25, -0.2) is 0 Å². The Morgan fingerprint density at radius 1 is 1.67 bits per heavy atom. The smallest absolute Gasteiger partial charge is 0.180 e. The van der Waals surface area contributed by atoms with Gasteiger partial charge in [-0.3, -0.25) is 0 Å². The summed E-state index contributed by atoms with van der Waals surface area (Å²) >= 11 is 10.6. The number of hydrogen-bond acceptors (Lipinski definition) is 1. The summed E-state index contributed by atoms with van der Waals surface area (Å²) in [5.74, 6) is 0. The predicted octanol–water partition coefficient (Wildman–Crippen LogP) is -0.872. The summed E-state index contributed by atoms with van der Waals surface area (Å²) in [5.41, 5.74) is 0. The first kappa shape index (κ1) is 6.97. The molecule has 0 bridgehead atoms. The first-order valence-electron chi connectivity index (χ1n) is 1.54. The van der Waals surface area contributed by atoms with Gasteiger partial charge < -0.3 is 4.12 Å². The average molecular weight is 161 g/mol. The zero-order valence-electron chi connectivity index (χ0n) is 3.45. The summed E-state index contributed by atoms with van der Waals surface area (Å²) in [4.78, 5) is 0. The lowest BCUT2D eigenvalue weighted by molar-refractivity contribution is 0.666. The molecule has 0 rings (SSSR count). The highest BCUT2D eigenvalue weighted by Crippen LogP contribution is 1.96. The maximum atomic E-state index is 5.30. The SMILES string of the molecule is [SiH3]O[SiH2]C(Cl)Cl. The van der Waals surface area contributed by atoms with E-state index in [2.05, 4.69) is 0 Å². The molecule has 0 aliphatic rings. The molecule has 5 heteroatoms. The Labute approximate surface area is 52.5 Å². The van der Waals surface area contributed by atoms with Gasteiger partial charge in [0, 0.05) is 0 Å². The third-order valence-electron chi connectivity index (χ3n) is 0.293. The minimum absolute atomic E-state index is 0.206. The van der Waals surface area contributed by atoms with Crippen molar-refractivity contribution in [3.8, 4) is 0 Å². The van der Waals surface area contributed by atoms with Gasteiger partial charge in [0.05, 0.1) is 0 Å². The van der Waals surface area contributed by atoms with Crippen molar-refractivity contribution in [1.82, 2.24) is 0 Å². The van der Waals surface area contributed by atoms with Crippen LogP contribution in [0.25, 0.3) is 0 Å². The molecular formula is CH6Cl2OSi2. The maximum Gasteiger partial charge on any atom is 0.180 e. The molecule has 0 spiro atoms. The molecule has 0 aromatic heterocycles. The van der Waals surface area contributed by atoms with Crippen molar-refractivity contribution in [1.29, 1.82) is 0 Å². The van der Waals surface area contributed by atoms with Crippen LogP contribution in [0.1, 0.15) is 0 Å². The Hall–Kier alpha value is 0.974. The Morgan fingerprint density at radius 2 is 2.17 bits per heavy atom. The molecule has 0 aliphatic carbocycles. The normalized spacial score (nSPS) is 12.5. The van der Waals surface area contributed by atoms with E-state index in [1.54, 1.807) is 0 Å². The first-order chi connectivity index (χ1) is 2.77. The summed E-state index contributed by atoms with van der Waals surface area (Å²) in [6.45, 7) is 0. The van der Waals surface area contributed by atoms with E-state index in [-0.39, 0.29) is 4.46 Å². The minimum Gasteiger partial charge on any atom is -0.466 e. The summed E-state index contributed by atoms with van der Waals surface area (Å²) in [6, 6.07) is 0. The van der Waals surface area contributed by atoms with Crippen LogP contribution in [0.2, 0.25) is 0 Å². The second kappa shape index (κ2) is 4.14. The van der Waals surface area contributed by atoms with Gasteiger partial charge in [0.25, 0.3) is 0 Å². The molecule has 0 saturated heterocycles. The quantitative estimate of drug-likeness (QED) is 0.378. The topological polar surface area (TPSA) is 9.23 Å². The van der Waals surface area contributed by atoms with Crippen molar-refractivity contribution in [3.05, 3.63) is 0 Å². The first-order valence-corrected chi connectivity index (χ1v) is 4.62. The van der Waals surface area contributed by atoms with Gasteiger partial charge in [-0.15, -0.1) is 23.2 Å². The summed E-state index contributed by atoms with van der Waals surface area (Å²) in [5, 5.41) is 0. The van der Waals surface area contributed by atoms with Crippen LogP contribution >= 0.6 is 23.2 Å².